The van der Waals surface area contributed by atoms with E-state index in [0.717, 1.165) is 0 Å². The number of pyridine rings is 1. The van der Waals surface area contributed by atoms with E-state index >= 15 is 0 Å². The van der Waals surface area contributed by atoms with E-state index < -0.39 is 5.91 Å². The van der Waals surface area contributed by atoms with E-state index in [1.165, 1.54) is 12.1 Å². The standard InChI is InChI=1S/C13H14ClN3O3/c1-13(2,3)9-6-7(17-20-9)12(19)16-11-8(18)4-5-10(14)15-11/h4-6,18H,1-3H3,(H,15,16,19). The number of amides is 1. The molecule has 1 amide bonds. The summed E-state index contributed by atoms with van der Waals surface area (Å²) in [7, 11) is 0. The van der Waals surface area contributed by atoms with Crippen molar-refractivity contribution in [1.29, 1.82) is 0 Å². The monoisotopic (exact) mass is 295 g/mol. The number of rotatable bonds is 2. The molecule has 0 fully saturated rings. The number of carbonyl (C=O) groups is 1. The van der Waals surface area contributed by atoms with E-state index in [1.54, 1.807) is 6.07 Å². The number of hydrogen-bond acceptors (Lipinski definition) is 5. The predicted molar refractivity (Wildman–Crippen MR) is 74.1 cm³/mol. The van der Waals surface area contributed by atoms with Crippen LogP contribution in [0.2, 0.25) is 5.15 Å². The van der Waals surface area contributed by atoms with Gasteiger partial charge in [-0.3, -0.25) is 4.79 Å². The van der Waals surface area contributed by atoms with Gasteiger partial charge in [0.05, 0.1) is 0 Å². The number of aromatic hydroxyl groups is 1. The van der Waals surface area contributed by atoms with Crippen molar-refractivity contribution in [2.45, 2.75) is 26.2 Å². The molecule has 0 saturated heterocycles. The molecule has 0 aliphatic rings. The summed E-state index contributed by atoms with van der Waals surface area (Å²) < 4.78 is 5.12. The minimum absolute atomic E-state index is 0.0252. The Morgan fingerprint density at radius 2 is 2.10 bits per heavy atom. The van der Waals surface area contributed by atoms with Crippen LogP contribution in [0.1, 0.15) is 37.0 Å². The van der Waals surface area contributed by atoms with Gasteiger partial charge < -0.3 is 14.9 Å². The highest BCUT2D eigenvalue weighted by atomic mass is 35.5. The van der Waals surface area contributed by atoms with Crippen LogP contribution >= 0.6 is 11.6 Å². The van der Waals surface area contributed by atoms with Crippen LogP contribution in [0, 0.1) is 0 Å². The summed E-state index contributed by atoms with van der Waals surface area (Å²) in [6.07, 6.45) is 0. The summed E-state index contributed by atoms with van der Waals surface area (Å²) in [4.78, 5) is 15.8. The van der Waals surface area contributed by atoms with Crippen LogP contribution in [0.5, 0.6) is 5.75 Å². The van der Waals surface area contributed by atoms with Crippen molar-refractivity contribution in [2.24, 2.45) is 0 Å². The topological polar surface area (TPSA) is 88.2 Å². The Morgan fingerprint density at radius 1 is 1.40 bits per heavy atom. The molecule has 2 heterocycles. The lowest BCUT2D eigenvalue weighted by atomic mass is 9.93. The van der Waals surface area contributed by atoms with Gasteiger partial charge in [-0.2, -0.15) is 0 Å². The van der Waals surface area contributed by atoms with Crippen LogP contribution < -0.4 is 5.32 Å². The molecule has 106 valence electrons. The van der Waals surface area contributed by atoms with Crippen LogP contribution in [0.4, 0.5) is 5.82 Å². The first-order chi connectivity index (χ1) is 9.27. The Kier molecular flexibility index (Phi) is 3.67. The van der Waals surface area contributed by atoms with E-state index in [0.29, 0.717) is 5.76 Å². The Morgan fingerprint density at radius 3 is 2.70 bits per heavy atom. The summed E-state index contributed by atoms with van der Waals surface area (Å²) >= 11 is 5.70. The van der Waals surface area contributed by atoms with E-state index in [2.05, 4.69) is 15.5 Å². The molecular formula is C13H14ClN3O3. The molecule has 0 aromatic carbocycles. The third-order valence-electron chi connectivity index (χ3n) is 2.55. The summed E-state index contributed by atoms with van der Waals surface area (Å²) in [5.74, 6) is -0.148. The minimum atomic E-state index is -0.533. The number of nitrogens with one attached hydrogen (secondary N) is 1. The molecule has 7 heteroatoms. The van der Waals surface area contributed by atoms with Crippen molar-refractivity contribution in [3.8, 4) is 5.75 Å². The first-order valence-corrected chi connectivity index (χ1v) is 6.29. The maximum Gasteiger partial charge on any atom is 0.279 e. The average molecular weight is 296 g/mol. The fourth-order valence-electron chi connectivity index (χ4n) is 1.43. The van der Waals surface area contributed by atoms with Gasteiger partial charge in [-0.1, -0.05) is 37.5 Å². The molecule has 0 saturated carbocycles. The van der Waals surface area contributed by atoms with E-state index in [-0.39, 0.29) is 27.8 Å². The molecule has 0 aliphatic heterocycles. The second-order valence-corrected chi connectivity index (χ2v) is 5.67. The van der Waals surface area contributed by atoms with Crippen LogP contribution in [-0.4, -0.2) is 21.2 Å². The van der Waals surface area contributed by atoms with Crippen LogP contribution in [-0.2, 0) is 5.41 Å². The quantitative estimate of drug-likeness (QED) is 0.832. The Hall–Kier alpha value is -2.08. The van der Waals surface area contributed by atoms with Gasteiger partial charge in [-0.05, 0) is 12.1 Å². The molecule has 2 rings (SSSR count). The van der Waals surface area contributed by atoms with Crippen molar-refractivity contribution in [3.63, 3.8) is 0 Å². The SMILES string of the molecule is CC(C)(C)c1cc(C(=O)Nc2nc(Cl)ccc2O)no1. The zero-order chi connectivity index (χ0) is 14.9. The summed E-state index contributed by atoms with van der Waals surface area (Å²) in [5.41, 5.74) is -0.141. The van der Waals surface area contributed by atoms with E-state index in [1.807, 2.05) is 20.8 Å². The second-order valence-electron chi connectivity index (χ2n) is 5.28. The number of hydrogen-bond donors (Lipinski definition) is 2. The van der Waals surface area contributed by atoms with Gasteiger partial charge in [0, 0.05) is 11.5 Å². The van der Waals surface area contributed by atoms with Gasteiger partial charge in [0.15, 0.2) is 17.3 Å². The van der Waals surface area contributed by atoms with Crippen molar-refractivity contribution in [3.05, 3.63) is 34.8 Å². The van der Waals surface area contributed by atoms with Crippen molar-refractivity contribution in [2.75, 3.05) is 5.32 Å². The molecule has 0 atom stereocenters. The lowest BCUT2D eigenvalue weighted by Gasteiger charge is -2.12. The number of halogens is 1. The molecule has 6 nitrogen and oxygen atoms in total. The molecule has 0 aliphatic carbocycles. The van der Waals surface area contributed by atoms with Gasteiger partial charge in [0.2, 0.25) is 0 Å². The van der Waals surface area contributed by atoms with Crippen LogP contribution in [0.25, 0.3) is 0 Å². The summed E-state index contributed by atoms with van der Waals surface area (Å²) in [6.45, 7) is 5.83. The Labute approximate surface area is 120 Å². The van der Waals surface area contributed by atoms with Crippen LogP contribution in [0.3, 0.4) is 0 Å². The summed E-state index contributed by atoms with van der Waals surface area (Å²) in [5, 5.41) is 15.9. The number of aromatic nitrogens is 2. The van der Waals surface area contributed by atoms with Gasteiger partial charge in [0.25, 0.3) is 5.91 Å². The van der Waals surface area contributed by atoms with Crippen molar-refractivity contribution in [1.82, 2.24) is 10.1 Å². The maximum atomic E-state index is 12.0. The zero-order valence-electron chi connectivity index (χ0n) is 11.3. The number of carbonyl (C=O) groups excluding carboxylic acids is 1. The van der Waals surface area contributed by atoms with E-state index in [9.17, 15) is 9.90 Å². The van der Waals surface area contributed by atoms with Crippen molar-refractivity contribution < 1.29 is 14.4 Å². The van der Waals surface area contributed by atoms with E-state index in [4.69, 9.17) is 16.1 Å². The normalized spacial score (nSPS) is 11.4. The zero-order valence-corrected chi connectivity index (χ0v) is 12.0. The first kappa shape index (κ1) is 14.3. The number of nitrogens with zero attached hydrogens (tertiary/aromatic N) is 2. The molecular weight excluding hydrogens is 282 g/mol. The molecule has 20 heavy (non-hydrogen) atoms. The molecule has 2 aromatic rings. The summed E-state index contributed by atoms with van der Waals surface area (Å²) in [6, 6.07) is 4.31. The predicted octanol–water partition coefficient (Wildman–Crippen LogP) is 2.98. The Balaban J connectivity index is 2.20. The third-order valence-corrected chi connectivity index (χ3v) is 2.76. The molecule has 0 radical (unpaired) electrons. The fourth-order valence-corrected chi connectivity index (χ4v) is 1.57. The maximum absolute atomic E-state index is 12.0. The third kappa shape index (κ3) is 3.08. The van der Waals surface area contributed by atoms with Gasteiger partial charge >= 0.3 is 0 Å². The average Bonchev–Trinajstić information content (AvgIpc) is 2.83. The highest BCUT2D eigenvalue weighted by Gasteiger charge is 2.22. The number of anilines is 1. The minimum Gasteiger partial charge on any atom is -0.504 e. The second kappa shape index (κ2) is 5.13. The smallest absolute Gasteiger partial charge is 0.279 e. The highest BCUT2D eigenvalue weighted by Crippen LogP contribution is 2.25. The van der Waals surface area contributed by atoms with Gasteiger partial charge in [-0.15, -0.1) is 0 Å². The molecule has 2 N–H and O–H groups in total. The fraction of sp³-hybridized carbons (Fsp3) is 0.308. The molecule has 0 spiro atoms. The molecule has 0 unspecified atom stereocenters. The van der Waals surface area contributed by atoms with Crippen molar-refractivity contribution >= 4 is 23.3 Å². The molecule has 2 aromatic heterocycles. The lowest BCUT2D eigenvalue weighted by molar-refractivity contribution is 0.101. The van der Waals surface area contributed by atoms with Crippen LogP contribution in [0.15, 0.2) is 22.7 Å². The van der Waals surface area contributed by atoms with Gasteiger partial charge in [-0.25, -0.2) is 4.98 Å². The first-order valence-electron chi connectivity index (χ1n) is 5.91. The molecule has 0 bridgehead atoms. The lowest BCUT2D eigenvalue weighted by Crippen LogP contribution is -2.14. The Bertz CT molecular complexity index is 647. The largest absolute Gasteiger partial charge is 0.504 e. The van der Waals surface area contributed by atoms with Gasteiger partial charge in [0.1, 0.15) is 10.9 Å². The highest BCUT2D eigenvalue weighted by molar-refractivity contribution is 6.29.